The Kier molecular flexibility index (Phi) is 6.68. The maximum atomic E-state index is 12.6. The van der Waals surface area contributed by atoms with Crippen LogP contribution < -0.4 is 16.0 Å². The number of halogens is 1. The molecule has 0 unspecified atom stereocenters. The molecule has 2 rings (SSSR count). The van der Waals surface area contributed by atoms with Crippen molar-refractivity contribution in [2.24, 2.45) is 16.7 Å². The number of nitrogens with one attached hydrogen (secondary N) is 3. The molecule has 2 amide bonds. The summed E-state index contributed by atoms with van der Waals surface area (Å²) in [7, 11) is 0. The average molecular weight is 332 g/mol. The van der Waals surface area contributed by atoms with E-state index >= 15 is 0 Å². The Bertz CT molecular complexity index is 409. The van der Waals surface area contributed by atoms with Crippen LogP contribution in [0.25, 0.3) is 0 Å². The zero-order valence-corrected chi connectivity index (χ0v) is 14.8. The molecule has 5 nitrogen and oxygen atoms in total. The van der Waals surface area contributed by atoms with E-state index in [2.05, 4.69) is 16.0 Å². The Labute approximate surface area is 139 Å². The van der Waals surface area contributed by atoms with Gasteiger partial charge in [0, 0.05) is 25.0 Å². The van der Waals surface area contributed by atoms with Crippen LogP contribution in [0.15, 0.2) is 0 Å². The van der Waals surface area contributed by atoms with Crippen molar-refractivity contribution in [2.75, 3.05) is 26.2 Å². The SMILES string of the molecule is CC(C)(C)C(=O)NCCNC(=O)[C@@]12CCCC[C@H]1CNC2.Cl. The summed E-state index contributed by atoms with van der Waals surface area (Å²) >= 11 is 0. The number of rotatable bonds is 4. The van der Waals surface area contributed by atoms with Crippen molar-refractivity contribution in [3.8, 4) is 0 Å². The van der Waals surface area contributed by atoms with Crippen LogP contribution >= 0.6 is 12.4 Å². The van der Waals surface area contributed by atoms with Gasteiger partial charge in [-0.1, -0.05) is 33.6 Å². The summed E-state index contributed by atoms with van der Waals surface area (Å²) < 4.78 is 0. The zero-order chi connectivity index (χ0) is 15.5. The first-order chi connectivity index (χ1) is 9.86. The summed E-state index contributed by atoms with van der Waals surface area (Å²) in [5, 5.41) is 9.28. The molecule has 128 valence electrons. The van der Waals surface area contributed by atoms with Crippen molar-refractivity contribution in [1.82, 2.24) is 16.0 Å². The summed E-state index contributed by atoms with van der Waals surface area (Å²) in [6.45, 7) is 8.43. The lowest BCUT2D eigenvalue weighted by Gasteiger charge is -2.37. The number of amides is 2. The van der Waals surface area contributed by atoms with E-state index in [0.29, 0.717) is 19.0 Å². The molecule has 2 aliphatic rings. The largest absolute Gasteiger partial charge is 0.354 e. The summed E-state index contributed by atoms with van der Waals surface area (Å²) in [6.07, 6.45) is 4.53. The number of carbonyl (C=O) groups excluding carboxylic acids is 2. The normalized spacial score (nSPS) is 27.5. The molecule has 0 bridgehead atoms. The fourth-order valence-electron chi connectivity index (χ4n) is 3.48. The topological polar surface area (TPSA) is 70.2 Å². The Balaban J connectivity index is 0.00000242. The van der Waals surface area contributed by atoms with Crippen LogP contribution in [0.4, 0.5) is 0 Å². The molecule has 1 saturated carbocycles. The van der Waals surface area contributed by atoms with Gasteiger partial charge in [0.2, 0.25) is 11.8 Å². The van der Waals surface area contributed by atoms with Gasteiger partial charge in [-0.2, -0.15) is 0 Å². The summed E-state index contributed by atoms with van der Waals surface area (Å²) in [5.41, 5.74) is -0.585. The van der Waals surface area contributed by atoms with Gasteiger partial charge in [0.05, 0.1) is 5.41 Å². The highest BCUT2D eigenvalue weighted by molar-refractivity contribution is 5.85. The maximum absolute atomic E-state index is 12.6. The molecule has 2 fully saturated rings. The van der Waals surface area contributed by atoms with Crippen LogP contribution in [0.5, 0.6) is 0 Å². The molecule has 1 heterocycles. The number of fused-ring (bicyclic) bond motifs is 1. The number of carbonyl (C=O) groups is 2. The molecule has 0 spiro atoms. The minimum absolute atomic E-state index is 0. The van der Waals surface area contributed by atoms with Gasteiger partial charge in [0.1, 0.15) is 0 Å². The Morgan fingerprint density at radius 1 is 1.18 bits per heavy atom. The highest BCUT2D eigenvalue weighted by atomic mass is 35.5. The first-order valence-electron chi connectivity index (χ1n) is 8.13. The molecule has 1 saturated heterocycles. The number of hydrogen-bond acceptors (Lipinski definition) is 3. The Hall–Kier alpha value is -0.810. The highest BCUT2D eigenvalue weighted by Crippen LogP contribution is 2.43. The van der Waals surface area contributed by atoms with Gasteiger partial charge in [-0.3, -0.25) is 9.59 Å². The minimum atomic E-state index is -0.382. The highest BCUT2D eigenvalue weighted by Gasteiger charge is 2.49. The van der Waals surface area contributed by atoms with E-state index in [-0.39, 0.29) is 35.1 Å². The fraction of sp³-hybridized carbons (Fsp3) is 0.875. The lowest BCUT2D eigenvalue weighted by molar-refractivity contribution is -0.134. The van der Waals surface area contributed by atoms with Gasteiger partial charge < -0.3 is 16.0 Å². The third-order valence-electron chi connectivity index (χ3n) is 4.87. The monoisotopic (exact) mass is 331 g/mol. The van der Waals surface area contributed by atoms with Crippen molar-refractivity contribution < 1.29 is 9.59 Å². The quantitative estimate of drug-likeness (QED) is 0.683. The van der Waals surface area contributed by atoms with Gasteiger partial charge >= 0.3 is 0 Å². The molecular weight excluding hydrogens is 302 g/mol. The van der Waals surface area contributed by atoms with E-state index < -0.39 is 0 Å². The molecule has 1 aliphatic heterocycles. The third-order valence-corrected chi connectivity index (χ3v) is 4.87. The van der Waals surface area contributed by atoms with E-state index in [0.717, 1.165) is 32.4 Å². The van der Waals surface area contributed by atoms with Gasteiger partial charge in [0.15, 0.2) is 0 Å². The van der Waals surface area contributed by atoms with Crippen molar-refractivity contribution in [3.63, 3.8) is 0 Å². The first kappa shape index (κ1) is 19.2. The van der Waals surface area contributed by atoms with E-state index in [9.17, 15) is 9.59 Å². The molecule has 1 aliphatic carbocycles. The second-order valence-corrected chi connectivity index (χ2v) is 7.49. The number of hydrogen-bond donors (Lipinski definition) is 3. The van der Waals surface area contributed by atoms with Gasteiger partial charge in [-0.05, 0) is 25.3 Å². The molecule has 6 heteroatoms. The lowest BCUT2D eigenvalue weighted by atomic mass is 9.67. The fourth-order valence-corrected chi connectivity index (χ4v) is 3.48. The van der Waals surface area contributed by atoms with E-state index in [1.807, 2.05) is 20.8 Å². The van der Waals surface area contributed by atoms with Crippen molar-refractivity contribution >= 4 is 24.2 Å². The van der Waals surface area contributed by atoms with Crippen LogP contribution in [0.3, 0.4) is 0 Å². The van der Waals surface area contributed by atoms with Crippen LogP contribution in [0, 0.1) is 16.7 Å². The van der Waals surface area contributed by atoms with E-state index in [4.69, 9.17) is 0 Å². The second-order valence-electron chi connectivity index (χ2n) is 7.49. The summed E-state index contributed by atoms with van der Waals surface area (Å²) in [6, 6.07) is 0. The van der Waals surface area contributed by atoms with Crippen LogP contribution in [-0.4, -0.2) is 38.0 Å². The summed E-state index contributed by atoms with van der Waals surface area (Å²) in [5.74, 6) is 0.672. The zero-order valence-electron chi connectivity index (χ0n) is 14.0. The van der Waals surface area contributed by atoms with Gasteiger partial charge in [-0.15, -0.1) is 12.4 Å². The van der Waals surface area contributed by atoms with Crippen molar-refractivity contribution in [3.05, 3.63) is 0 Å². The van der Waals surface area contributed by atoms with Crippen molar-refractivity contribution in [2.45, 2.75) is 46.5 Å². The molecule has 0 aromatic carbocycles. The molecule has 3 N–H and O–H groups in total. The molecular formula is C16H30ClN3O2. The van der Waals surface area contributed by atoms with Crippen molar-refractivity contribution in [1.29, 1.82) is 0 Å². The van der Waals surface area contributed by atoms with Gasteiger partial charge in [-0.25, -0.2) is 0 Å². The lowest BCUT2D eigenvalue weighted by Crippen LogP contribution is -2.49. The molecule has 22 heavy (non-hydrogen) atoms. The molecule has 0 radical (unpaired) electrons. The van der Waals surface area contributed by atoms with E-state index in [1.165, 1.54) is 6.42 Å². The molecule has 0 aromatic rings. The smallest absolute Gasteiger partial charge is 0.227 e. The Morgan fingerprint density at radius 3 is 2.55 bits per heavy atom. The standard InChI is InChI=1S/C16H29N3O2.ClH/c1-15(2,3)13(20)18-8-9-19-14(21)16-7-5-4-6-12(16)10-17-11-16;/h12,17H,4-11H2,1-3H3,(H,18,20)(H,19,21);1H/t12-,16+;/m0./s1. The third kappa shape index (κ3) is 4.13. The summed E-state index contributed by atoms with van der Waals surface area (Å²) in [4.78, 5) is 24.3. The molecule has 0 aromatic heterocycles. The van der Waals surface area contributed by atoms with Crippen LogP contribution in [-0.2, 0) is 9.59 Å². The molecule has 2 atom stereocenters. The van der Waals surface area contributed by atoms with Crippen LogP contribution in [0.2, 0.25) is 0 Å². The predicted molar refractivity (Wildman–Crippen MR) is 90.0 cm³/mol. The van der Waals surface area contributed by atoms with Gasteiger partial charge in [0.25, 0.3) is 0 Å². The predicted octanol–water partition coefficient (Wildman–Crippen LogP) is 1.47. The van der Waals surface area contributed by atoms with E-state index in [1.54, 1.807) is 0 Å². The minimum Gasteiger partial charge on any atom is -0.354 e. The maximum Gasteiger partial charge on any atom is 0.227 e. The first-order valence-corrected chi connectivity index (χ1v) is 8.13. The Morgan fingerprint density at radius 2 is 1.86 bits per heavy atom. The average Bonchev–Trinajstić information content (AvgIpc) is 2.87. The second kappa shape index (κ2) is 7.64. The van der Waals surface area contributed by atoms with Crippen LogP contribution in [0.1, 0.15) is 46.5 Å².